The average Bonchev–Trinajstić information content (AvgIpc) is 2.63. The third kappa shape index (κ3) is 2.69. The standard InChI is InChI=1S/C13H12Cl2FNS/c1-7-5-11(18-13(7)15)12(17-2)9-4-3-8(14)6-10(9)16/h3-6,12,17H,1-2H3. The average molecular weight is 304 g/mol. The van der Waals surface area contributed by atoms with Crippen molar-refractivity contribution in [3.8, 4) is 0 Å². The van der Waals surface area contributed by atoms with Gasteiger partial charge in [-0.1, -0.05) is 29.3 Å². The van der Waals surface area contributed by atoms with Crippen LogP contribution in [-0.4, -0.2) is 7.05 Å². The number of rotatable bonds is 3. The highest BCUT2D eigenvalue weighted by Crippen LogP contribution is 2.35. The monoisotopic (exact) mass is 303 g/mol. The molecule has 2 rings (SSSR count). The molecule has 18 heavy (non-hydrogen) atoms. The molecule has 96 valence electrons. The number of halogens is 3. The van der Waals surface area contributed by atoms with Crippen LogP contribution < -0.4 is 5.32 Å². The van der Waals surface area contributed by atoms with E-state index in [1.807, 2.05) is 13.0 Å². The number of aryl methyl sites for hydroxylation is 1. The lowest BCUT2D eigenvalue weighted by Crippen LogP contribution is -2.17. The van der Waals surface area contributed by atoms with Gasteiger partial charge in [0.25, 0.3) is 0 Å². The summed E-state index contributed by atoms with van der Waals surface area (Å²) in [5.74, 6) is -0.316. The number of hydrogen-bond acceptors (Lipinski definition) is 2. The Labute approximate surface area is 120 Å². The van der Waals surface area contributed by atoms with Crippen molar-refractivity contribution in [2.75, 3.05) is 7.05 Å². The van der Waals surface area contributed by atoms with Crippen molar-refractivity contribution in [1.29, 1.82) is 0 Å². The lowest BCUT2D eigenvalue weighted by molar-refractivity contribution is 0.579. The van der Waals surface area contributed by atoms with E-state index in [1.165, 1.54) is 17.4 Å². The van der Waals surface area contributed by atoms with Gasteiger partial charge in [-0.05, 0) is 37.7 Å². The third-order valence-electron chi connectivity index (χ3n) is 2.72. The van der Waals surface area contributed by atoms with Crippen LogP contribution in [0.3, 0.4) is 0 Å². The molecule has 0 aliphatic carbocycles. The maximum atomic E-state index is 13.9. The number of thiophene rings is 1. The summed E-state index contributed by atoms with van der Waals surface area (Å²) in [6.07, 6.45) is 0. The van der Waals surface area contributed by atoms with Crippen LogP contribution in [0.1, 0.15) is 22.0 Å². The zero-order chi connectivity index (χ0) is 13.3. The highest BCUT2D eigenvalue weighted by Gasteiger charge is 2.19. The molecule has 0 aliphatic heterocycles. The molecule has 2 aromatic rings. The molecule has 1 nitrogen and oxygen atoms in total. The van der Waals surface area contributed by atoms with Crippen LogP contribution in [0.15, 0.2) is 24.3 Å². The molecule has 0 spiro atoms. The molecule has 1 aromatic heterocycles. The van der Waals surface area contributed by atoms with Gasteiger partial charge in [-0.15, -0.1) is 11.3 Å². The zero-order valence-electron chi connectivity index (χ0n) is 9.93. The van der Waals surface area contributed by atoms with Gasteiger partial charge < -0.3 is 5.32 Å². The Bertz CT molecular complexity index is 549. The van der Waals surface area contributed by atoms with Crippen molar-refractivity contribution < 1.29 is 4.39 Å². The van der Waals surface area contributed by atoms with E-state index in [9.17, 15) is 4.39 Å². The lowest BCUT2D eigenvalue weighted by atomic mass is 10.0. The van der Waals surface area contributed by atoms with Gasteiger partial charge in [0.1, 0.15) is 5.82 Å². The molecule has 0 saturated heterocycles. The molecular formula is C13H12Cl2FNS. The van der Waals surface area contributed by atoms with Crippen LogP contribution in [-0.2, 0) is 0 Å². The number of benzene rings is 1. The van der Waals surface area contributed by atoms with Gasteiger partial charge in [-0.2, -0.15) is 0 Å². The maximum Gasteiger partial charge on any atom is 0.129 e. The van der Waals surface area contributed by atoms with E-state index in [2.05, 4.69) is 5.32 Å². The molecule has 0 fully saturated rings. The van der Waals surface area contributed by atoms with Crippen LogP contribution >= 0.6 is 34.5 Å². The van der Waals surface area contributed by atoms with Crippen molar-refractivity contribution in [1.82, 2.24) is 5.32 Å². The molecule has 5 heteroatoms. The molecule has 0 saturated carbocycles. The summed E-state index contributed by atoms with van der Waals surface area (Å²) in [6.45, 7) is 1.94. The number of nitrogens with one attached hydrogen (secondary N) is 1. The molecule has 0 bridgehead atoms. The molecular weight excluding hydrogens is 292 g/mol. The first-order valence-electron chi connectivity index (χ1n) is 5.41. The van der Waals surface area contributed by atoms with Crippen LogP contribution in [0.25, 0.3) is 0 Å². The molecule has 1 N–H and O–H groups in total. The Hall–Kier alpha value is -0.610. The molecule has 0 aliphatic rings. The maximum absolute atomic E-state index is 13.9. The molecule has 0 radical (unpaired) electrons. The van der Waals surface area contributed by atoms with Crippen LogP contribution in [0.5, 0.6) is 0 Å². The third-order valence-corrected chi connectivity index (χ3v) is 4.58. The van der Waals surface area contributed by atoms with Gasteiger partial charge in [0.2, 0.25) is 0 Å². The lowest BCUT2D eigenvalue weighted by Gasteiger charge is -2.15. The Kier molecular flexibility index (Phi) is 4.28. The van der Waals surface area contributed by atoms with Crippen LogP contribution in [0, 0.1) is 12.7 Å². The fourth-order valence-corrected chi connectivity index (χ4v) is 3.32. The second-order valence-corrected chi connectivity index (χ2v) is 6.12. The zero-order valence-corrected chi connectivity index (χ0v) is 12.3. The first kappa shape index (κ1) is 13.8. The summed E-state index contributed by atoms with van der Waals surface area (Å²) in [4.78, 5) is 0.987. The summed E-state index contributed by atoms with van der Waals surface area (Å²) in [6, 6.07) is 6.47. The Morgan fingerprint density at radius 2 is 2.00 bits per heavy atom. The van der Waals surface area contributed by atoms with E-state index < -0.39 is 0 Å². The second-order valence-electron chi connectivity index (χ2n) is 3.99. The van der Waals surface area contributed by atoms with Crippen molar-refractivity contribution in [3.05, 3.63) is 55.4 Å². The molecule has 0 amide bonds. The Balaban J connectivity index is 2.45. The van der Waals surface area contributed by atoms with Crippen molar-refractivity contribution in [2.45, 2.75) is 13.0 Å². The SMILES string of the molecule is CNC(c1cc(C)c(Cl)s1)c1ccc(Cl)cc1F. The van der Waals surface area contributed by atoms with Gasteiger partial charge in [0, 0.05) is 15.5 Å². The van der Waals surface area contributed by atoms with E-state index in [1.54, 1.807) is 19.2 Å². The minimum Gasteiger partial charge on any atom is -0.309 e. The molecule has 1 atom stereocenters. The fraction of sp³-hybridized carbons (Fsp3) is 0.231. The normalized spacial score (nSPS) is 12.7. The summed E-state index contributed by atoms with van der Waals surface area (Å²) < 4.78 is 14.7. The van der Waals surface area contributed by atoms with Gasteiger partial charge in [0.15, 0.2) is 0 Å². The quantitative estimate of drug-likeness (QED) is 0.858. The van der Waals surface area contributed by atoms with E-state index >= 15 is 0 Å². The highest BCUT2D eigenvalue weighted by atomic mass is 35.5. The minimum absolute atomic E-state index is 0.210. The number of hydrogen-bond donors (Lipinski definition) is 1. The van der Waals surface area contributed by atoms with Crippen LogP contribution in [0.2, 0.25) is 9.36 Å². The first-order chi connectivity index (χ1) is 8.52. The van der Waals surface area contributed by atoms with Crippen molar-refractivity contribution in [2.24, 2.45) is 0 Å². The van der Waals surface area contributed by atoms with Crippen molar-refractivity contribution in [3.63, 3.8) is 0 Å². The highest BCUT2D eigenvalue weighted by molar-refractivity contribution is 7.16. The van der Waals surface area contributed by atoms with E-state index in [0.717, 1.165) is 14.8 Å². The molecule has 1 aromatic carbocycles. The second kappa shape index (κ2) is 5.57. The fourth-order valence-electron chi connectivity index (χ4n) is 1.81. The topological polar surface area (TPSA) is 12.0 Å². The summed E-state index contributed by atoms with van der Waals surface area (Å²) in [7, 11) is 1.79. The van der Waals surface area contributed by atoms with Gasteiger partial charge >= 0.3 is 0 Å². The van der Waals surface area contributed by atoms with Gasteiger partial charge in [-0.25, -0.2) is 4.39 Å². The summed E-state index contributed by atoms with van der Waals surface area (Å²) >= 11 is 13.3. The predicted molar refractivity (Wildman–Crippen MR) is 76.4 cm³/mol. The minimum atomic E-state index is -0.316. The predicted octanol–water partition coefficient (Wildman–Crippen LogP) is 4.81. The Morgan fingerprint density at radius 3 is 2.50 bits per heavy atom. The smallest absolute Gasteiger partial charge is 0.129 e. The largest absolute Gasteiger partial charge is 0.309 e. The Morgan fingerprint density at radius 1 is 1.28 bits per heavy atom. The van der Waals surface area contributed by atoms with Gasteiger partial charge in [-0.3, -0.25) is 0 Å². The van der Waals surface area contributed by atoms with E-state index in [-0.39, 0.29) is 11.9 Å². The van der Waals surface area contributed by atoms with E-state index in [4.69, 9.17) is 23.2 Å². The van der Waals surface area contributed by atoms with E-state index in [0.29, 0.717) is 10.6 Å². The summed E-state index contributed by atoms with van der Waals surface area (Å²) in [5.41, 5.74) is 1.58. The first-order valence-corrected chi connectivity index (χ1v) is 6.98. The van der Waals surface area contributed by atoms with Crippen molar-refractivity contribution >= 4 is 34.5 Å². The molecule has 1 heterocycles. The molecule has 1 unspecified atom stereocenters. The summed E-state index contributed by atoms with van der Waals surface area (Å²) in [5, 5.41) is 3.50. The van der Waals surface area contributed by atoms with Crippen LogP contribution in [0.4, 0.5) is 4.39 Å². The van der Waals surface area contributed by atoms with Gasteiger partial charge in [0.05, 0.1) is 10.4 Å².